The normalized spacial score (nSPS) is 13.5. The SMILES string of the molecule is CCNC(CCCS(C)(=O)=O)c1cccc(Cl)c1. The zero-order valence-electron chi connectivity index (χ0n) is 10.8. The highest BCUT2D eigenvalue weighted by Crippen LogP contribution is 2.21. The number of benzene rings is 1. The molecule has 5 heteroatoms. The van der Waals surface area contributed by atoms with Crippen LogP contribution < -0.4 is 5.32 Å². The van der Waals surface area contributed by atoms with E-state index in [1.54, 1.807) is 0 Å². The fourth-order valence-electron chi connectivity index (χ4n) is 1.91. The van der Waals surface area contributed by atoms with Gasteiger partial charge in [0, 0.05) is 23.1 Å². The molecule has 18 heavy (non-hydrogen) atoms. The minimum atomic E-state index is -2.88. The molecular weight excluding hydrogens is 270 g/mol. The molecule has 0 radical (unpaired) electrons. The topological polar surface area (TPSA) is 46.2 Å². The monoisotopic (exact) mass is 289 g/mol. The molecule has 0 aromatic heterocycles. The standard InChI is InChI=1S/C13H20ClNO2S/c1-3-15-13(8-5-9-18(2,16)17)11-6-4-7-12(14)10-11/h4,6-7,10,13,15H,3,5,8-9H2,1-2H3. The first-order chi connectivity index (χ1) is 8.42. The highest BCUT2D eigenvalue weighted by molar-refractivity contribution is 7.90. The molecule has 0 saturated carbocycles. The van der Waals surface area contributed by atoms with Crippen molar-refractivity contribution in [3.05, 3.63) is 34.9 Å². The Kier molecular flexibility index (Phi) is 6.12. The highest BCUT2D eigenvalue weighted by atomic mass is 35.5. The van der Waals surface area contributed by atoms with Crippen molar-refractivity contribution >= 4 is 21.4 Å². The van der Waals surface area contributed by atoms with Crippen molar-refractivity contribution in [2.24, 2.45) is 0 Å². The molecule has 0 aliphatic carbocycles. The number of sulfone groups is 1. The van der Waals surface area contributed by atoms with E-state index in [1.807, 2.05) is 31.2 Å². The summed E-state index contributed by atoms with van der Waals surface area (Å²) in [4.78, 5) is 0. The molecule has 0 aliphatic heterocycles. The number of halogens is 1. The highest BCUT2D eigenvalue weighted by Gasteiger charge is 2.12. The van der Waals surface area contributed by atoms with Gasteiger partial charge in [0.15, 0.2) is 0 Å². The number of nitrogens with one attached hydrogen (secondary N) is 1. The molecule has 3 nitrogen and oxygen atoms in total. The van der Waals surface area contributed by atoms with Crippen LogP contribution in [0, 0.1) is 0 Å². The minimum absolute atomic E-state index is 0.162. The van der Waals surface area contributed by atoms with Crippen molar-refractivity contribution in [2.45, 2.75) is 25.8 Å². The van der Waals surface area contributed by atoms with Crippen LogP contribution in [-0.4, -0.2) is 27.0 Å². The van der Waals surface area contributed by atoms with Crippen LogP contribution in [0.15, 0.2) is 24.3 Å². The van der Waals surface area contributed by atoms with E-state index in [4.69, 9.17) is 11.6 Å². The van der Waals surface area contributed by atoms with Gasteiger partial charge in [0.2, 0.25) is 0 Å². The first-order valence-electron chi connectivity index (χ1n) is 6.09. The van der Waals surface area contributed by atoms with E-state index in [2.05, 4.69) is 5.32 Å². The van der Waals surface area contributed by atoms with E-state index in [1.165, 1.54) is 6.26 Å². The summed E-state index contributed by atoms with van der Waals surface area (Å²) in [6.45, 7) is 2.88. The van der Waals surface area contributed by atoms with Crippen molar-refractivity contribution in [2.75, 3.05) is 18.6 Å². The Morgan fingerprint density at radius 3 is 2.67 bits per heavy atom. The molecule has 0 saturated heterocycles. The van der Waals surface area contributed by atoms with Gasteiger partial charge >= 0.3 is 0 Å². The van der Waals surface area contributed by atoms with E-state index >= 15 is 0 Å². The summed E-state index contributed by atoms with van der Waals surface area (Å²) in [7, 11) is -2.88. The van der Waals surface area contributed by atoms with Gasteiger partial charge in [-0.15, -0.1) is 0 Å². The van der Waals surface area contributed by atoms with E-state index in [0.717, 1.165) is 18.5 Å². The van der Waals surface area contributed by atoms with Gasteiger partial charge < -0.3 is 5.32 Å². The molecule has 1 aromatic rings. The van der Waals surface area contributed by atoms with Gasteiger partial charge in [-0.3, -0.25) is 0 Å². The summed E-state index contributed by atoms with van der Waals surface area (Å²) in [5.41, 5.74) is 1.11. The zero-order chi connectivity index (χ0) is 13.6. The first kappa shape index (κ1) is 15.5. The van der Waals surface area contributed by atoms with Crippen molar-refractivity contribution in [1.82, 2.24) is 5.32 Å². The van der Waals surface area contributed by atoms with Gasteiger partial charge in [0.1, 0.15) is 9.84 Å². The summed E-state index contributed by atoms with van der Waals surface area (Å²) >= 11 is 5.97. The third kappa shape index (κ3) is 5.85. The predicted molar refractivity (Wildman–Crippen MR) is 76.8 cm³/mol. The van der Waals surface area contributed by atoms with Gasteiger partial charge in [0.25, 0.3) is 0 Å². The molecule has 0 aliphatic rings. The molecule has 1 rings (SSSR count). The lowest BCUT2D eigenvalue weighted by atomic mass is 10.0. The maximum absolute atomic E-state index is 11.1. The second kappa shape index (κ2) is 7.12. The predicted octanol–water partition coefficient (Wildman–Crippen LogP) is 2.82. The lowest BCUT2D eigenvalue weighted by molar-refractivity contribution is 0.507. The Bertz CT molecular complexity index is 474. The Morgan fingerprint density at radius 2 is 2.11 bits per heavy atom. The Balaban J connectivity index is 2.65. The second-order valence-corrected chi connectivity index (χ2v) is 7.13. The molecule has 102 valence electrons. The maximum Gasteiger partial charge on any atom is 0.147 e. The quantitative estimate of drug-likeness (QED) is 0.839. The molecular formula is C13H20ClNO2S. The molecule has 0 amide bonds. The molecule has 1 N–H and O–H groups in total. The molecule has 0 bridgehead atoms. The van der Waals surface area contributed by atoms with E-state index < -0.39 is 9.84 Å². The van der Waals surface area contributed by atoms with E-state index in [9.17, 15) is 8.42 Å². The zero-order valence-corrected chi connectivity index (χ0v) is 12.4. The van der Waals surface area contributed by atoms with Crippen molar-refractivity contribution < 1.29 is 8.42 Å². The first-order valence-corrected chi connectivity index (χ1v) is 8.53. The van der Waals surface area contributed by atoms with Crippen LogP contribution in [0.3, 0.4) is 0 Å². The van der Waals surface area contributed by atoms with Gasteiger partial charge in [0.05, 0.1) is 0 Å². The summed E-state index contributed by atoms with van der Waals surface area (Å²) in [6.07, 6.45) is 2.72. The molecule has 0 spiro atoms. The molecule has 1 atom stereocenters. The third-order valence-electron chi connectivity index (χ3n) is 2.71. The summed E-state index contributed by atoms with van der Waals surface area (Å²) < 4.78 is 22.2. The van der Waals surface area contributed by atoms with Crippen molar-refractivity contribution in [1.29, 1.82) is 0 Å². The van der Waals surface area contributed by atoms with Gasteiger partial charge in [-0.1, -0.05) is 30.7 Å². The number of hydrogen-bond donors (Lipinski definition) is 1. The molecule has 0 fully saturated rings. The van der Waals surface area contributed by atoms with E-state index in [-0.39, 0.29) is 11.8 Å². The van der Waals surface area contributed by atoms with Crippen LogP contribution in [0.2, 0.25) is 5.02 Å². The fraction of sp³-hybridized carbons (Fsp3) is 0.538. The number of rotatable bonds is 7. The fourth-order valence-corrected chi connectivity index (χ4v) is 2.80. The lowest BCUT2D eigenvalue weighted by Crippen LogP contribution is -2.21. The van der Waals surface area contributed by atoms with Crippen LogP contribution in [-0.2, 0) is 9.84 Å². The minimum Gasteiger partial charge on any atom is -0.310 e. The molecule has 1 unspecified atom stereocenters. The van der Waals surface area contributed by atoms with Gasteiger partial charge in [-0.05, 0) is 37.1 Å². The second-order valence-electron chi connectivity index (χ2n) is 4.44. The number of hydrogen-bond acceptors (Lipinski definition) is 3. The van der Waals surface area contributed by atoms with Gasteiger partial charge in [-0.2, -0.15) is 0 Å². The van der Waals surface area contributed by atoms with Crippen molar-refractivity contribution in [3.8, 4) is 0 Å². The average Bonchev–Trinajstić information content (AvgIpc) is 2.26. The average molecular weight is 290 g/mol. The van der Waals surface area contributed by atoms with Crippen LogP contribution in [0.5, 0.6) is 0 Å². The maximum atomic E-state index is 11.1. The summed E-state index contributed by atoms with van der Waals surface area (Å²) in [5, 5.41) is 4.07. The van der Waals surface area contributed by atoms with E-state index in [0.29, 0.717) is 11.4 Å². The lowest BCUT2D eigenvalue weighted by Gasteiger charge is -2.18. The van der Waals surface area contributed by atoms with Crippen LogP contribution >= 0.6 is 11.6 Å². The summed E-state index contributed by atoms with van der Waals surface area (Å²) in [5.74, 6) is 0.232. The Morgan fingerprint density at radius 1 is 1.39 bits per heavy atom. The van der Waals surface area contributed by atoms with Crippen LogP contribution in [0.1, 0.15) is 31.4 Å². The van der Waals surface area contributed by atoms with Gasteiger partial charge in [-0.25, -0.2) is 8.42 Å². The molecule has 1 aromatic carbocycles. The Labute approximate surface area is 114 Å². The van der Waals surface area contributed by atoms with Crippen molar-refractivity contribution in [3.63, 3.8) is 0 Å². The largest absolute Gasteiger partial charge is 0.310 e. The van der Waals surface area contributed by atoms with Crippen LogP contribution in [0.4, 0.5) is 0 Å². The van der Waals surface area contributed by atoms with Crippen LogP contribution in [0.25, 0.3) is 0 Å². The summed E-state index contributed by atoms with van der Waals surface area (Å²) in [6, 6.07) is 7.86. The Hall–Kier alpha value is -0.580. The smallest absolute Gasteiger partial charge is 0.147 e. The molecule has 0 heterocycles. The third-order valence-corrected chi connectivity index (χ3v) is 3.97.